The van der Waals surface area contributed by atoms with Crippen LogP contribution in [0.2, 0.25) is 5.28 Å². The van der Waals surface area contributed by atoms with Crippen molar-refractivity contribution in [1.82, 2.24) is 15.3 Å². The number of aromatic nitrogens is 2. The number of alkyl carbamates (subject to hydrolysis) is 1. The third kappa shape index (κ3) is 5.87. The first-order valence-corrected chi connectivity index (χ1v) is 11.5. The van der Waals surface area contributed by atoms with Gasteiger partial charge in [0.1, 0.15) is 11.6 Å². The van der Waals surface area contributed by atoms with Crippen molar-refractivity contribution in [2.75, 3.05) is 17.2 Å². The number of alkyl halides is 3. The molecule has 0 radical (unpaired) electrons. The summed E-state index contributed by atoms with van der Waals surface area (Å²) in [5.74, 6) is 1.12. The molecule has 0 saturated heterocycles. The molecular formula is C24H25ClF3N5O2. The molecule has 0 bridgehead atoms. The molecule has 1 aromatic heterocycles. The summed E-state index contributed by atoms with van der Waals surface area (Å²) in [6.07, 6.45) is 2.07. The minimum atomic E-state index is -4.43. The number of nitrogen functional groups attached to an aromatic ring is 1. The Morgan fingerprint density at radius 2 is 2.00 bits per heavy atom. The molecule has 35 heavy (non-hydrogen) atoms. The van der Waals surface area contributed by atoms with Gasteiger partial charge in [0.15, 0.2) is 0 Å². The molecule has 1 amide bonds. The number of carbonyl (C=O) groups is 1. The van der Waals surface area contributed by atoms with E-state index in [2.05, 4.69) is 21.9 Å². The number of halogens is 4. The first kappa shape index (κ1) is 24.8. The second-order valence-corrected chi connectivity index (χ2v) is 8.99. The van der Waals surface area contributed by atoms with Crippen LogP contribution in [0.1, 0.15) is 42.4 Å². The highest BCUT2D eigenvalue weighted by Gasteiger charge is 2.31. The van der Waals surface area contributed by atoms with Gasteiger partial charge in [0.25, 0.3) is 0 Å². The van der Waals surface area contributed by atoms with Gasteiger partial charge in [-0.3, -0.25) is 0 Å². The van der Waals surface area contributed by atoms with Crippen LogP contribution in [0.3, 0.4) is 0 Å². The fourth-order valence-corrected chi connectivity index (χ4v) is 4.59. The Kier molecular flexibility index (Phi) is 7.20. The second-order valence-electron chi connectivity index (χ2n) is 8.65. The maximum absolute atomic E-state index is 12.8. The predicted molar refractivity (Wildman–Crippen MR) is 127 cm³/mol. The molecule has 0 atom stereocenters. The lowest BCUT2D eigenvalue weighted by Gasteiger charge is -2.38. The van der Waals surface area contributed by atoms with Crippen molar-refractivity contribution in [2.45, 2.75) is 44.4 Å². The third-order valence-corrected chi connectivity index (χ3v) is 6.41. The quantitative estimate of drug-likeness (QED) is 0.514. The van der Waals surface area contributed by atoms with E-state index in [-0.39, 0.29) is 36.2 Å². The lowest BCUT2D eigenvalue weighted by Crippen LogP contribution is -2.38. The van der Waals surface area contributed by atoms with Gasteiger partial charge >= 0.3 is 12.3 Å². The van der Waals surface area contributed by atoms with E-state index in [4.69, 9.17) is 22.1 Å². The fourth-order valence-electron chi connectivity index (χ4n) is 4.42. The van der Waals surface area contributed by atoms with Crippen LogP contribution in [0.4, 0.5) is 29.6 Å². The lowest BCUT2D eigenvalue weighted by atomic mass is 9.85. The monoisotopic (exact) mass is 507 g/mol. The molecular weight excluding hydrogens is 483 g/mol. The van der Waals surface area contributed by atoms with Crippen molar-refractivity contribution in [3.8, 4) is 0 Å². The van der Waals surface area contributed by atoms with E-state index in [0.29, 0.717) is 16.9 Å². The molecule has 1 aliphatic heterocycles. The maximum atomic E-state index is 12.8. The number of hydrogen-bond donors (Lipinski definition) is 2. The van der Waals surface area contributed by atoms with E-state index in [1.54, 1.807) is 0 Å². The SMILES string of the molecule is C=C1C=CN(C2CCC(COC(=O)NCc3cccc(C(F)(F)F)c3)CC2)c2nc(Cl)nc(N)c21. The Balaban J connectivity index is 1.26. The summed E-state index contributed by atoms with van der Waals surface area (Å²) in [5.41, 5.74) is 7.04. The van der Waals surface area contributed by atoms with Crippen LogP contribution in [0.5, 0.6) is 0 Å². The van der Waals surface area contributed by atoms with Gasteiger partial charge in [0.05, 0.1) is 17.7 Å². The van der Waals surface area contributed by atoms with Gasteiger partial charge < -0.3 is 20.7 Å². The van der Waals surface area contributed by atoms with Crippen molar-refractivity contribution in [2.24, 2.45) is 5.92 Å². The average molecular weight is 508 g/mol. The van der Waals surface area contributed by atoms with Gasteiger partial charge in [0, 0.05) is 18.8 Å². The number of fused-ring (bicyclic) bond motifs is 1. The number of ether oxygens (including phenoxy) is 1. The molecule has 1 saturated carbocycles. The van der Waals surface area contributed by atoms with Crippen molar-refractivity contribution < 1.29 is 22.7 Å². The Bertz CT molecular complexity index is 1150. The summed E-state index contributed by atoms with van der Waals surface area (Å²) in [7, 11) is 0. The number of rotatable bonds is 5. The zero-order valence-electron chi connectivity index (χ0n) is 18.8. The van der Waals surface area contributed by atoms with Crippen LogP contribution in [-0.2, 0) is 17.5 Å². The van der Waals surface area contributed by atoms with Gasteiger partial charge in [-0.05, 0) is 72.5 Å². The highest BCUT2D eigenvalue weighted by atomic mass is 35.5. The van der Waals surface area contributed by atoms with Crippen LogP contribution in [-0.4, -0.2) is 28.7 Å². The molecule has 2 heterocycles. The van der Waals surface area contributed by atoms with E-state index in [1.807, 2.05) is 17.2 Å². The number of anilines is 2. The number of nitrogens with one attached hydrogen (secondary N) is 1. The summed E-state index contributed by atoms with van der Waals surface area (Å²) in [6, 6.07) is 5.00. The van der Waals surface area contributed by atoms with E-state index in [0.717, 1.165) is 43.4 Å². The number of benzene rings is 1. The van der Waals surface area contributed by atoms with Gasteiger partial charge in [-0.15, -0.1) is 0 Å². The number of nitrogens with zero attached hydrogens (tertiary/aromatic N) is 3. The number of nitrogens with two attached hydrogens (primary N) is 1. The summed E-state index contributed by atoms with van der Waals surface area (Å²) in [5, 5.41) is 2.59. The van der Waals surface area contributed by atoms with E-state index >= 15 is 0 Å². The second kappa shape index (κ2) is 10.2. The molecule has 1 aliphatic carbocycles. The Morgan fingerprint density at radius 1 is 1.26 bits per heavy atom. The Morgan fingerprint density at radius 3 is 2.71 bits per heavy atom. The topological polar surface area (TPSA) is 93.4 Å². The summed E-state index contributed by atoms with van der Waals surface area (Å²) < 4.78 is 43.8. The standard InChI is InChI=1S/C24H25ClF3N5O2/c1-14-9-10-33(21-19(14)20(29)31-22(25)32-21)18-7-5-15(6-8-18)13-35-23(34)30-12-16-3-2-4-17(11-16)24(26,27)28/h2-4,9-11,15,18H,1,5-8,12-13H2,(H,30,34)(H2,29,31,32). The van der Waals surface area contributed by atoms with Crippen LogP contribution >= 0.6 is 11.6 Å². The smallest absolute Gasteiger partial charge is 0.416 e. The van der Waals surface area contributed by atoms with Crippen molar-refractivity contribution in [1.29, 1.82) is 0 Å². The first-order chi connectivity index (χ1) is 16.6. The maximum Gasteiger partial charge on any atom is 0.416 e. The molecule has 11 heteroatoms. The minimum Gasteiger partial charge on any atom is -0.449 e. The molecule has 3 N–H and O–H groups in total. The summed E-state index contributed by atoms with van der Waals surface area (Å²) in [4.78, 5) is 22.5. The Hall–Kier alpha value is -3.27. The van der Waals surface area contributed by atoms with Crippen LogP contribution in [0.25, 0.3) is 5.57 Å². The van der Waals surface area contributed by atoms with Crippen molar-refractivity contribution in [3.05, 3.63) is 65.1 Å². The normalized spacial score (nSPS) is 19.9. The van der Waals surface area contributed by atoms with Crippen molar-refractivity contribution in [3.63, 3.8) is 0 Å². The minimum absolute atomic E-state index is 0.0466. The van der Waals surface area contributed by atoms with Gasteiger partial charge in [-0.2, -0.15) is 18.2 Å². The van der Waals surface area contributed by atoms with Crippen LogP contribution in [0.15, 0.2) is 43.1 Å². The number of hydrogen-bond acceptors (Lipinski definition) is 6. The molecule has 0 spiro atoms. The predicted octanol–water partition coefficient (Wildman–Crippen LogP) is 5.56. The van der Waals surface area contributed by atoms with Gasteiger partial charge in [-0.25, -0.2) is 9.78 Å². The lowest BCUT2D eigenvalue weighted by molar-refractivity contribution is -0.137. The highest BCUT2D eigenvalue weighted by molar-refractivity contribution is 6.28. The van der Waals surface area contributed by atoms with Gasteiger partial charge in [-0.1, -0.05) is 18.7 Å². The molecule has 1 aromatic carbocycles. The molecule has 4 rings (SSSR count). The fraction of sp³-hybridized carbons (Fsp3) is 0.375. The molecule has 2 aliphatic rings. The summed E-state index contributed by atoms with van der Waals surface area (Å²) >= 11 is 6.03. The first-order valence-electron chi connectivity index (χ1n) is 11.2. The number of amides is 1. The molecule has 186 valence electrons. The zero-order valence-corrected chi connectivity index (χ0v) is 19.6. The van der Waals surface area contributed by atoms with E-state index < -0.39 is 17.8 Å². The van der Waals surface area contributed by atoms with Crippen LogP contribution in [0, 0.1) is 5.92 Å². The largest absolute Gasteiger partial charge is 0.449 e. The summed E-state index contributed by atoms with van der Waals surface area (Å²) in [6.45, 7) is 4.20. The van der Waals surface area contributed by atoms with Crippen LogP contribution < -0.4 is 16.0 Å². The van der Waals surface area contributed by atoms with E-state index in [9.17, 15) is 18.0 Å². The van der Waals surface area contributed by atoms with E-state index in [1.165, 1.54) is 12.1 Å². The zero-order chi connectivity index (χ0) is 25.2. The molecule has 1 fully saturated rings. The third-order valence-electron chi connectivity index (χ3n) is 6.24. The molecule has 7 nitrogen and oxygen atoms in total. The Labute approximate surface area is 205 Å². The molecule has 0 unspecified atom stereocenters. The molecule has 2 aromatic rings. The average Bonchev–Trinajstić information content (AvgIpc) is 2.81. The number of carbonyl (C=O) groups excluding carboxylic acids is 1. The van der Waals surface area contributed by atoms with Crippen molar-refractivity contribution >= 4 is 34.9 Å². The highest BCUT2D eigenvalue weighted by Crippen LogP contribution is 2.39. The van der Waals surface area contributed by atoms with Gasteiger partial charge in [0.2, 0.25) is 5.28 Å². The number of allylic oxidation sites excluding steroid dienone is 2.